The molecule has 0 unspecified atom stereocenters. The van der Waals surface area contributed by atoms with Gasteiger partial charge in [0.15, 0.2) is 0 Å². The standard InChI is InChI=1S/C21H26N4/c1-2-3-4-15-5-7-19-20(13-15)25-21(24-19)17-6-8-18(23-14-17)16-9-11-22-12-10-16/h5-8,13-14,16,22H,2-4,9-12H2,1H3,(H,24,25). The summed E-state index contributed by atoms with van der Waals surface area (Å²) < 4.78 is 0. The predicted octanol–water partition coefficient (Wildman–Crippen LogP) is 4.43. The van der Waals surface area contributed by atoms with Gasteiger partial charge in [0.05, 0.1) is 11.0 Å². The number of unbranched alkanes of at least 4 members (excludes halogenated alkanes) is 1. The van der Waals surface area contributed by atoms with Crippen LogP contribution in [0.15, 0.2) is 36.5 Å². The summed E-state index contributed by atoms with van der Waals surface area (Å²) in [4.78, 5) is 12.9. The second-order valence-corrected chi connectivity index (χ2v) is 7.04. The Kier molecular flexibility index (Phi) is 4.79. The summed E-state index contributed by atoms with van der Waals surface area (Å²) in [6, 6.07) is 10.9. The van der Waals surface area contributed by atoms with Crippen LogP contribution in [0.4, 0.5) is 0 Å². The summed E-state index contributed by atoms with van der Waals surface area (Å²) in [6.07, 6.45) is 7.91. The molecule has 4 nitrogen and oxygen atoms in total. The molecule has 0 amide bonds. The van der Waals surface area contributed by atoms with Crippen LogP contribution in [0, 0.1) is 0 Å². The monoisotopic (exact) mass is 334 g/mol. The highest BCUT2D eigenvalue weighted by molar-refractivity contribution is 5.79. The van der Waals surface area contributed by atoms with Crippen molar-refractivity contribution in [1.82, 2.24) is 20.3 Å². The first kappa shape index (κ1) is 16.3. The summed E-state index contributed by atoms with van der Waals surface area (Å²) >= 11 is 0. The highest BCUT2D eigenvalue weighted by Crippen LogP contribution is 2.26. The van der Waals surface area contributed by atoms with Gasteiger partial charge < -0.3 is 10.3 Å². The number of rotatable bonds is 5. The molecule has 1 aromatic carbocycles. The average molecular weight is 334 g/mol. The number of pyridine rings is 1. The van der Waals surface area contributed by atoms with Crippen molar-refractivity contribution in [2.75, 3.05) is 13.1 Å². The number of benzene rings is 1. The topological polar surface area (TPSA) is 53.6 Å². The first-order chi connectivity index (χ1) is 12.3. The van der Waals surface area contributed by atoms with E-state index in [9.17, 15) is 0 Å². The Labute approximate surface area is 149 Å². The fourth-order valence-electron chi connectivity index (χ4n) is 3.63. The molecule has 0 saturated carbocycles. The van der Waals surface area contributed by atoms with Crippen molar-refractivity contribution in [2.24, 2.45) is 0 Å². The van der Waals surface area contributed by atoms with Gasteiger partial charge in [0.2, 0.25) is 0 Å². The maximum atomic E-state index is 4.74. The van der Waals surface area contributed by atoms with Crippen LogP contribution in [0.2, 0.25) is 0 Å². The molecule has 4 rings (SSSR count). The first-order valence-electron chi connectivity index (χ1n) is 9.49. The van der Waals surface area contributed by atoms with Crippen molar-refractivity contribution in [3.05, 3.63) is 47.8 Å². The van der Waals surface area contributed by atoms with Gasteiger partial charge in [0.25, 0.3) is 0 Å². The van der Waals surface area contributed by atoms with Gasteiger partial charge in [0, 0.05) is 23.4 Å². The highest BCUT2D eigenvalue weighted by atomic mass is 14.9. The number of H-pyrrole nitrogens is 1. The zero-order chi connectivity index (χ0) is 17.1. The van der Waals surface area contributed by atoms with E-state index in [0.29, 0.717) is 5.92 Å². The van der Waals surface area contributed by atoms with E-state index in [2.05, 4.69) is 47.6 Å². The molecule has 3 aromatic rings. The molecule has 4 heteroatoms. The molecule has 0 atom stereocenters. The van der Waals surface area contributed by atoms with Crippen LogP contribution in [0.5, 0.6) is 0 Å². The van der Waals surface area contributed by atoms with E-state index in [4.69, 9.17) is 9.97 Å². The normalized spacial score (nSPS) is 15.7. The largest absolute Gasteiger partial charge is 0.338 e. The lowest BCUT2D eigenvalue weighted by atomic mass is 9.94. The van der Waals surface area contributed by atoms with E-state index in [0.717, 1.165) is 41.9 Å². The third-order valence-electron chi connectivity index (χ3n) is 5.18. The predicted molar refractivity (Wildman–Crippen MR) is 103 cm³/mol. The molecule has 1 fully saturated rings. The molecule has 1 saturated heterocycles. The van der Waals surface area contributed by atoms with Crippen molar-refractivity contribution in [2.45, 2.75) is 44.9 Å². The lowest BCUT2D eigenvalue weighted by Crippen LogP contribution is -2.26. The smallest absolute Gasteiger partial charge is 0.140 e. The van der Waals surface area contributed by atoms with Crippen molar-refractivity contribution in [1.29, 1.82) is 0 Å². The van der Waals surface area contributed by atoms with E-state index in [1.807, 2.05) is 6.20 Å². The van der Waals surface area contributed by atoms with Crippen LogP contribution in [0.1, 0.15) is 49.8 Å². The SMILES string of the molecule is CCCCc1ccc2nc(-c3ccc(C4CCNCC4)nc3)[nH]c2c1. The lowest BCUT2D eigenvalue weighted by Gasteiger charge is -2.22. The summed E-state index contributed by atoms with van der Waals surface area (Å²) in [5.74, 6) is 1.50. The molecular formula is C21H26N4. The minimum Gasteiger partial charge on any atom is -0.338 e. The van der Waals surface area contributed by atoms with Gasteiger partial charge in [-0.25, -0.2) is 4.98 Å². The molecule has 2 aromatic heterocycles. The van der Waals surface area contributed by atoms with E-state index >= 15 is 0 Å². The van der Waals surface area contributed by atoms with Crippen molar-refractivity contribution in [3.63, 3.8) is 0 Å². The average Bonchev–Trinajstić information content (AvgIpc) is 3.10. The number of aromatic nitrogens is 3. The van der Waals surface area contributed by atoms with Crippen molar-refractivity contribution >= 4 is 11.0 Å². The highest BCUT2D eigenvalue weighted by Gasteiger charge is 2.16. The van der Waals surface area contributed by atoms with E-state index in [-0.39, 0.29) is 0 Å². The summed E-state index contributed by atoms with van der Waals surface area (Å²) in [5.41, 5.74) is 5.79. The van der Waals surface area contributed by atoms with Crippen LogP contribution in [-0.4, -0.2) is 28.0 Å². The van der Waals surface area contributed by atoms with Crippen molar-refractivity contribution in [3.8, 4) is 11.4 Å². The number of imidazole rings is 1. The molecule has 25 heavy (non-hydrogen) atoms. The second kappa shape index (κ2) is 7.36. The fraction of sp³-hybridized carbons (Fsp3) is 0.429. The minimum atomic E-state index is 0.590. The summed E-state index contributed by atoms with van der Waals surface area (Å²) in [5, 5.41) is 3.41. The van der Waals surface area contributed by atoms with Crippen LogP contribution >= 0.6 is 0 Å². The molecule has 0 bridgehead atoms. The Hall–Kier alpha value is -2.20. The zero-order valence-corrected chi connectivity index (χ0v) is 14.9. The third kappa shape index (κ3) is 3.59. The van der Waals surface area contributed by atoms with Crippen LogP contribution in [0.3, 0.4) is 0 Å². The Morgan fingerprint density at radius 3 is 2.76 bits per heavy atom. The maximum Gasteiger partial charge on any atom is 0.140 e. The molecule has 0 aliphatic carbocycles. The molecule has 0 spiro atoms. The number of hydrogen-bond acceptors (Lipinski definition) is 3. The third-order valence-corrected chi connectivity index (χ3v) is 5.18. The summed E-state index contributed by atoms with van der Waals surface area (Å²) in [6.45, 7) is 4.42. The van der Waals surface area contributed by atoms with Gasteiger partial charge in [-0.05, 0) is 68.6 Å². The lowest BCUT2D eigenvalue weighted by molar-refractivity contribution is 0.453. The molecule has 130 valence electrons. The van der Waals surface area contributed by atoms with E-state index < -0.39 is 0 Å². The fourth-order valence-corrected chi connectivity index (χ4v) is 3.63. The number of hydrogen-bond donors (Lipinski definition) is 2. The number of fused-ring (bicyclic) bond motifs is 1. The number of nitrogens with zero attached hydrogens (tertiary/aromatic N) is 2. The van der Waals surface area contributed by atoms with E-state index in [1.54, 1.807) is 0 Å². The van der Waals surface area contributed by atoms with Crippen LogP contribution < -0.4 is 5.32 Å². The number of piperidine rings is 1. The Morgan fingerprint density at radius 1 is 1.12 bits per heavy atom. The zero-order valence-electron chi connectivity index (χ0n) is 14.9. The van der Waals surface area contributed by atoms with Gasteiger partial charge in [0.1, 0.15) is 5.82 Å². The Morgan fingerprint density at radius 2 is 2.00 bits per heavy atom. The van der Waals surface area contributed by atoms with Crippen molar-refractivity contribution < 1.29 is 0 Å². The maximum absolute atomic E-state index is 4.74. The van der Waals surface area contributed by atoms with Crippen LogP contribution in [0.25, 0.3) is 22.4 Å². The molecular weight excluding hydrogens is 308 g/mol. The number of aromatic amines is 1. The molecule has 1 aliphatic rings. The van der Waals surface area contributed by atoms with Crippen LogP contribution in [-0.2, 0) is 6.42 Å². The molecule has 2 N–H and O–H groups in total. The number of nitrogens with one attached hydrogen (secondary N) is 2. The van der Waals surface area contributed by atoms with Gasteiger partial charge in [-0.2, -0.15) is 0 Å². The Bertz CT molecular complexity index is 829. The van der Waals surface area contributed by atoms with E-state index in [1.165, 1.54) is 36.9 Å². The minimum absolute atomic E-state index is 0.590. The van der Waals surface area contributed by atoms with Gasteiger partial charge in [-0.3, -0.25) is 4.98 Å². The Balaban J connectivity index is 1.56. The van der Waals surface area contributed by atoms with Gasteiger partial charge in [-0.15, -0.1) is 0 Å². The first-order valence-corrected chi connectivity index (χ1v) is 9.49. The molecule has 3 heterocycles. The number of aryl methyl sites for hydroxylation is 1. The van der Waals surface area contributed by atoms with Gasteiger partial charge >= 0.3 is 0 Å². The van der Waals surface area contributed by atoms with Gasteiger partial charge in [-0.1, -0.05) is 19.4 Å². The molecule has 1 aliphatic heterocycles. The molecule has 0 radical (unpaired) electrons. The quantitative estimate of drug-likeness (QED) is 0.725. The second-order valence-electron chi connectivity index (χ2n) is 7.04. The summed E-state index contributed by atoms with van der Waals surface area (Å²) in [7, 11) is 0.